The molecule has 0 radical (unpaired) electrons. The molecule has 1 N–H and O–H groups in total. The Morgan fingerprint density at radius 2 is 1.69 bits per heavy atom. The molecule has 0 bridgehead atoms. The Labute approximate surface area is 209 Å². The summed E-state index contributed by atoms with van der Waals surface area (Å²) in [5.41, 5.74) is -0.793. The molecule has 0 aliphatic rings. The predicted molar refractivity (Wildman–Crippen MR) is 129 cm³/mol. The molecule has 0 spiro atoms. The molecular weight excluding hydrogens is 523 g/mol. The molecule has 190 valence electrons. The number of anilines is 2. The number of hydrogen-bond acceptors (Lipinski definition) is 5. The molecular formula is C23H19ClF3N3O5S. The molecule has 36 heavy (non-hydrogen) atoms. The van der Waals surface area contributed by atoms with Crippen LogP contribution in [0, 0.1) is 24.0 Å². The van der Waals surface area contributed by atoms with Crippen LogP contribution in [-0.4, -0.2) is 25.8 Å². The number of amides is 1. The van der Waals surface area contributed by atoms with E-state index in [2.05, 4.69) is 5.32 Å². The Balaban J connectivity index is 2.06. The van der Waals surface area contributed by atoms with E-state index in [0.29, 0.717) is 15.9 Å². The zero-order valence-corrected chi connectivity index (χ0v) is 20.4. The summed E-state index contributed by atoms with van der Waals surface area (Å²) in [6, 6.07) is 11.7. The molecule has 0 aliphatic heterocycles. The topological polar surface area (TPSA) is 110 Å². The molecule has 3 aromatic rings. The quantitative estimate of drug-likeness (QED) is 0.304. The number of sulfonamides is 1. The molecule has 1 amide bonds. The van der Waals surface area contributed by atoms with Gasteiger partial charge < -0.3 is 5.32 Å². The minimum absolute atomic E-state index is 0.0500. The summed E-state index contributed by atoms with van der Waals surface area (Å²) < 4.78 is 67.8. The van der Waals surface area contributed by atoms with Gasteiger partial charge in [0.1, 0.15) is 6.54 Å². The number of halogens is 4. The Morgan fingerprint density at radius 1 is 1.06 bits per heavy atom. The van der Waals surface area contributed by atoms with E-state index in [0.717, 1.165) is 23.8 Å². The first-order chi connectivity index (χ1) is 16.7. The van der Waals surface area contributed by atoms with Crippen molar-refractivity contribution in [1.29, 1.82) is 0 Å². The van der Waals surface area contributed by atoms with E-state index in [1.807, 2.05) is 0 Å². The predicted octanol–water partition coefficient (Wildman–Crippen LogP) is 5.72. The largest absolute Gasteiger partial charge is 0.417 e. The standard InChI is InChI=1S/C23H19ClF3N3O5S/c1-14-3-8-18(9-4-14)36(34,35)29(16-7-10-20(24)19(11-16)23(25,26)27)13-22(31)28-21-12-17(30(32)33)6-5-15(21)2/h3-12H,13H2,1-2H3,(H,28,31). The molecule has 0 heterocycles. The third-order valence-corrected chi connectivity index (χ3v) is 7.26. The van der Waals surface area contributed by atoms with Gasteiger partial charge in [0.2, 0.25) is 5.91 Å². The molecule has 13 heteroatoms. The van der Waals surface area contributed by atoms with Gasteiger partial charge >= 0.3 is 6.18 Å². The highest BCUT2D eigenvalue weighted by molar-refractivity contribution is 7.92. The van der Waals surface area contributed by atoms with Crippen LogP contribution in [0.3, 0.4) is 0 Å². The van der Waals surface area contributed by atoms with Crippen molar-refractivity contribution in [3.05, 3.63) is 92.5 Å². The van der Waals surface area contributed by atoms with Gasteiger partial charge in [0, 0.05) is 12.1 Å². The number of non-ortho nitro benzene ring substituents is 1. The lowest BCUT2D eigenvalue weighted by atomic mass is 10.1. The number of aryl methyl sites for hydroxylation is 2. The summed E-state index contributed by atoms with van der Waals surface area (Å²) in [6.07, 6.45) is -4.88. The second-order valence-corrected chi connectivity index (χ2v) is 10.1. The van der Waals surface area contributed by atoms with Crippen LogP contribution in [-0.2, 0) is 21.0 Å². The van der Waals surface area contributed by atoms with Gasteiger partial charge in [0.05, 0.1) is 31.8 Å². The molecule has 0 atom stereocenters. The first kappa shape index (κ1) is 27.0. The van der Waals surface area contributed by atoms with Gasteiger partial charge in [-0.2, -0.15) is 13.2 Å². The second kappa shape index (κ2) is 10.2. The fraction of sp³-hybridized carbons (Fsp3) is 0.174. The average Bonchev–Trinajstić information content (AvgIpc) is 2.78. The number of alkyl halides is 3. The van der Waals surface area contributed by atoms with Crippen LogP contribution >= 0.6 is 11.6 Å². The van der Waals surface area contributed by atoms with Crippen LogP contribution in [0.1, 0.15) is 16.7 Å². The lowest BCUT2D eigenvalue weighted by molar-refractivity contribution is -0.384. The van der Waals surface area contributed by atoms with E-state index in [1.54, 1.807) is 13.8 Å². The van der Waals surface area contributed by atoms with E-state index >= 15 is 0 Å². The molecule has 0 saturated heterocycles. The summed E-state index contributed by atoms with van der Waals surface area (Å²) >= 11 is 5.68. The molecule has 0 fully saturated rings. The summed E-state index contributed by atoms with van der Waals surface area (Å²) in [4.78, 5) is 23.0. The lowest BCUT2D eigenvalue weighted by Crippen LogP contribution is -2.38. The Morgan fingerprint density at radius 3 is 2.28 bits per heavy atom. The van der Waals surface area contributed by atoms with Crippen LogP contribution in [0.15, 0.2) is 65.6 Å². The number of hydrogen-bond donors (Lipinski definition) is 1. The van der Waals surface area contributed by atoms with Crippen molar-refractivity contribution in [2.24, 2.45) is 0 Å². The lowest BCUT2D eigenvalue weighted by Gasteiger charge is -2.25. The normalized spacial score (nSPS) is 11.7. The number of nitrogens with one attached hydrogen (secondary N) is 1. The highest BCUT2D eigenvalue weighted by Gasteiger charge is 2.35. The monoisotopic (exact) mass is 541 g/mol. The number of nitro groups is 1. The zero-order valence-electron chi connectivity index (χ0n) is 18.8. The van der Waals surface area contributed by atoms with E-state index < -0.39 is 49.8 Å². The van der Waals surface area contributed by atoms with Crippen LogP contribution in [0.4, 0.5) is 30.2 Å². The maximum atomic E-state index is 13.5. The van der Waals surface area contributed by atoms with Gasteiger partial charge in [0.25, 0.3) is 15.7 Å². The van der Waals surface area contributed by atoms with Crippen LogP contribution in [0.2, 0.25) is 5.02 Å². The second-order valence-electron chi connectivity index (χ2n) is 7.79. The van der Waals surface area contributed by atoms with E-state index in [9.17, 15) is 36.5 Å². The van der Waals surface area contributed by atoms with Crippen LogP contribution in [0.5, 0.6) is 0 Å². The van der Waals surface area contributed by atoms with Gasteiger partial charge in [-0.15, -0.1) is 0 Å². The number of carbonyl (C=O) groups excluding carboxylic acids is 1. The third-order valence-electron chi connectivity index (χ3n) is 5.15. The van der Waals surface area contributed by atoms with Gasteiger partial charge in [0.15, 0.2) is 0 Å². The van der Waals surface area contributed by atoms with E-state index in [-0.39, 0.29) is 16.3 Å². The van der Waals surface area contributed by atoms with Gasteiger partial charge in [-0.05, 0) is 49.7 Å². The van der Waals surface area contributed by atoms with Crippen molar-refractivity contribution < 1.29 is 31.3 Å². The van der Waals surface area contributed by atoms with Crippen molar-refractivity contribution >= 4 is 44.6 Å². The highest BCUT2D eigenvalue weighted by atomic mass is 35.5. The highest BCUT2D eigenvalue weighted by Crippen LogP contribution is 2.38. The van der Waals surface area contributed by atoms with Crippen molar-refractivity contribution in [1.82, 2.24) is 0 Å². The summed E-state index contributed by atoms with van der Waals surface area (Å²) in [7, 11) is -4.51. The minimum atomic E-state index is -4.88. The first-order valence-electron chi connectivity index (χ1n) is 10.2. The third kappa shape index (κ3) is 5.94. The Hall–Kier alpha value is -3.64. The first-order valence-corrected chi connectivity index (χ1v) is 12.0. The maximum Gasteiger partial charge on any atom is 0.417 e. The Bertz CT molecular complexity index is 1430. The summed E-state index contributed by atoms with van der Waals surface area (Å²) in [5, 5.41) is 12.8. The van der Waals surface area contributed by atoms with Gasteiger partial charge in [-0.1, -0.05) is 35.4 Å². The molecule has 0 saturated carbocycles. The van der Waals surface area contributed by atoms with Gasteiger partial charge in [-0.25, -0.2) is 8.42 Å². The molecule has 8 nitrogen and oxygen atoms in total. The van der Waals surface area contributed by atoms with Crippen LogP contribution in [0.25, 0.3) is 0 Å². The minimum Gasteiger partial charge on any atom is -0.324 e. The molecule has 3 aromatic carbocycles. The van der Waals surface area contributed by atoms with Crippen molar-refractivity contribution in [3.8, 4) is 0 Å². The molecule has 0 aliphatic carbocycles. The average molecular weight is 542 g/mol. The fourth-order valence-electron chi connectivity index (χ4n) is 3.22. The molecule has 3 rings (SSSR count). The van der Waals surface area contributed by atoms with E-state index in [4.69, 9.17) is 11.6 Å². The fourth-order valence-corrected chi connectivity index (χ4v) is 4.85. The number of rotatable bonds is 7. The van der Waals surface area contributed by atoms with Crippen molar-refractivity contribution in [3.63, 3.8) is 0 Å². The smallest absolute Gasteiger partial charge is 0.324 e. The summed E-state index contributed by atoms with van der Waals surface area (Å²) in [5.74, 6) is -0.933. The Kier molecular flexibility index (Phi) is 7.60. The number of nitrogens with zero attached hydrogens (tertiary/aromatic N) is 2. The van der Waals surface area contributed by atoms with Crippen LogP contribution < -0.4 is 9.62 Å². The maximum absolute atomic E-state index is 13.5. The van der Waals surface area contributed by atoms with E-state index in [1.165, 1.54) is 36.4 Å². The van der Waals surface area contributed by atoms with Gasteiger partial charge in [-0.3, -0.25) is 19.2 Å². The zero-order chi connectivity index (χ0) is 26.8. The number of benzene rings is 3. The molecule has 0 aromatic heterocycles. The SMILES string of the molecule is Cc1ccc(S(=O)(=O)N(CC(=O)Nc2cc([N+](=O)[O-])ccc2C)c2ccc(Cl)c(C(F)(F)F)c2)cc1. The van der Waals surface area contributed by atoms with Crippen molar-refractivity contribution in [2.45, 2.75) is 24.9 Å². The van der Waals surface area contributed by atoms with Crippen molar-refractivity contribution in [2.75, 3.05) is 16.2 Å². The summed E-state index contributed by atoms with van der Waals surface area (Å²) in [6.45, 7) is 2.37. The number of nitro benzene ring substituents is 1. The number of carbonyl (C=O) groups is 1. The molecule has 0 unspecified atom stereocenters.